The summed E-state index contributed by atoms with van der Waals surface area (Å²) in [6.45, 7) is 4.83. The van der Waals surface area contributed by atoms with E-state index in [1.54, 1.807) is 0 Å². The third kappa shape index (κ3) is 9.11. The topological polar surface area (TPSA) is 0 Å². The summed E-state index contributed by atoms with van der Waals surface area (Å²) in [7, 11) is 0. The van der Waals surface area contributed by atoms with Gasteiger partial charge in [-0.1, -0.05) is 46.5 Å². The van der Waals surface area contributed by atoms with E-state index in [-0.39, 0.29) is 0 Å². The Balaban J connectivity index is 3.26. The fourth-order valence-corrected chi connectivity index (χ4v) is 3.21. The van der Waals surface area contributed by atoms with Gasteiger partial charge in [0.25, 0.3) is 6.69 Å². The summed E-state index contributed by atoms with van der Waals surface area (Å²) in [4.78, 5) is 0. The molecule has 0 atom stereocenters. The van der Waals surface area contributed by atoms with E-state index in [4.69, 9.17) is 22.2 Å². The third-order valence-electron chi connectivity index (χ3n) is 2.34. The van der Waals surface area contributed by atoms with Crippen molar-refractivity contribution in [2.24, 2.45) is 5.92 Å². The van der Waals surface area contributed by atoms with Crippen molar-refractivity contribution < 1.29 is 0 Å². The van der Waals surface area contributed by atoms with Crippen LogP contribution in [-0.4, -0.2) is 6.69 Å². The molecular weight excluding hydrogens is 219 g/mol. The molecule has 0 aromatic heterocycles. The number of hydrogen-bond acceptors (Lipinski definition) is 0. The minimum atomic E-state index is -1.81. The van der Waals surface area contributed by atoms with Gasteiger partial charge in [0.2, 0.25) is 0 Å². The predicted octanol–water partition coefficient (Wildman–Crippen LogP) is 5.14. The summed E-state index contributed by atoms with van der Waals surface area (Å²) in [5.74, 6) is 0.834. The lowest BCUT2D eigenvalue weighted by atomic mass is 10.1. The molecule has 0 amide bonds. The highest BCUT2D eigenvalue weighted by Gasteiger charge is 2.24. The summed E-state index contributed by atoms with van der Waals surface area (Å²) < 4.78 is 0. The average Bonchev–Trinajstić information content (AvgIpc) is 2.03. The molecule has 3 heteroatoms. The first-order valence-corrected chi connectivity index (χ1v) is 9.79. The molecule has 0 saturated heterocycles. The van der Waals surface area contributed by atoms with Gasteiger partial charge in [0.05, 0.1) is 0 Å². The van der Waals surface area contributed by atoms with Crippen molar-refractivity contribution in [2.75, 3.05) is 0 Å². The van der Waals surface area contributed by atoms with Gasteiger partial charge in [-0.25, -0.2) is 0 Å². The summed E-state index contributed by atoms with van der Waals surface area (Å²) in [6.07, 6.45) is 5.19. The lowest BCUT2D eigenvalue weighted by Gasteiger charge is -2.13. The van der Waals surface area contributed by atoms with Gasteiger partial charge in [0.15, 0.2) is 0 Å². The Bertz CT molecular complexity index is 124. The lowest BCUT2D eigenvalue weighted by molar-refractivity contribution is 0.534. The molecule has 0 fully saturated rings. The molecule has 0 radical (unpaired) electrons. The highest BCUT2D eigenvalue weighted by Crippen LogP contribution is 2.27. The van der Waals surface area contributed by atoms with Crippen molar-refractivity contribution in [2.45, 2.75) is 58.5 Å². The van der Waals surface area contributed by atoms with Crippen LogP contribution in [0.15, 0.2) is 0 Å². The van der Waals surface area contributed by atoms with Crippen LogP contribution < -0.4 is 0 Å². The molecule has 0 rings (SSSR count). The second-order valence-electron chi connectivity index (χ2n) is 4.20. The normalized spacial score (nSPS) is 12.5. The summed E-state index contributed by atoms with van der Waals surface area (Å²) in [5, 5.41) is 0. The van der Waals surface area contributed by atoms with E-state index < -0.39 is 6.69 Å². The highest BCUT2D eigenvalue weighted by atomic mass is 35.7. The molecule has 0 nitrogen and oxygen atoms in total. The number of unbranched alkanes of at least 4 members (excludes halogenated alkanes) is 2. The standard InChI is InChI=1S/C10H22Cl2Si/c1-4-13(11,12)9-7-5-6-8-10(2)3/h10H,4-9H2,1-3H3. The first kappa shape index (κ1) is 13.8. The fraction of sp³-hybridized carbons (Fsp3) is 1.00. The van der Waals surface area contributed by atoms with Gasteiger partial charge in [0.1, 0.15) is 0 Å². The van der Waals surface area contributed by atoms with Gasteiger partial charge in [0, 0.05) is 0 Å². The molecule has 0 saturated carbocycles. The summed E-state index contributed by atoms with van der Waals surface area (Å²) >= 11 is 12.3. The monoisotopic (exact) mass is 240 g/mol. The molecule has 0 aliphatic carbocycles. The quantitative estimate of drug-likeness (QED) is 0.329. The second kappa shape index (κ2) is 7.14. The molecule has 0 unspecified atom stereocenters. The molecule has 0 aromatic rings. The van der Waals surface area contributed by atoms with Gasteiger partial charge >= 0.3 is 0 Å². The largest absolute Gasteiger partial charge is 0.251 e. The van der Waals surface area contributed by atoms with Crippen LogP contribution in [-0.2, 0) is 0 Å². The van der Waals surface area contributed by atoms with Crippen molar-refractivity contribution in [1.29, 1.82) is 0 Å². The lowest BCUT2D eigenvalue weighted by Crippen LogP contribution is -2.16. The SMILES string of the molecule is CC[Si](Cl)(Cl)CCCCCC(C)C. The van der Waals surface area contributed by atoms with Crippen LogP contribution in [0, 0.1) is 5.92 Å². The number of halogens is 2. The Morgan fingerprint density at radius 3 is 2.15 bits per heavy atom. The maximum Gasteiger partial charge on any atom is 0.251 e. The maximum absolute atomic E-state index is 6.17. The first-order chi connectivity index (χ1) is 5.98. The Morgan fingerprint density at radius 1 is 1.08 bits per heavy atom. The molecule has 0 aromatic carbocycles. The van der Waals surface area contributed by atoms with Gasteiger partial charge < -0.3 is 0 Å². The van der Waals surface area contributed by atoms with E-state index >= 15 is 0 Å². The second-order valence-corrected chi connectivity index (χ2v) is 12.0. The van der Waals surface area contributed by atoms with Crippen LogP contribution in [0.3, 0.4) is 0 Å². The predicted molar refractivity (Wildman–Crippen MR) is 66.1 cm³/mol. The van der Waals surface area contributed by atoms with E-state index in [1.807, 2.05) is 0 Å². The van der Waals surface area contributed by atoms with Crippen LogP contribution in [0.5, 0.6) is 0 Å². The van der Waals surface area contributed by atoms with Crippen molar-refractivity contribution in [3.05, 3.63) is 0 Å². The number of rotatable bonds is 7. The molecule has 0 N–H and O–H groups in total. The summed E-state index contributed by atoms with van der Waals surface area (Å²) in [6, 6.07) is 2.06. The van der Waals surface area contributed by atoms with Crippen LogP contribution in [0.4, 0.5) is 0 Å². The Morgan fingerprint density at radius 2 is 1.69 bits per heavy atom. The van der Waals surface area contributed by atoms with Gasteiger partial charge in [-0.05, 0) is 18.0 Å². The van der Waals surface area contributed by atoms with E-state index in [9.17, 15) is 0 Å². The van der Waals surface area contributed by atoms with E-state index in [0.29, 0.717) is 0 Å². The van der Waals surface area contributed by atoms with E-state index in [1.165, 1.54) is 25.7 Å². The molecule has 13 heavy (non-hydrogen) atoms. The molecule has 0 bridgehead atoms. The fourth-order valence-electron chi connectivity index (χ4n) is 1.29. The molecular formula is C10H22Cl2Si. The van der Waals surface area contributed by atoms with E-state index in [0.717, 1.165) is 18.0 Å². The van der Waals surface area contributed by atoms with Crippen LogP contribution in [0.2, 0.25) is 12.1 Å². The van der Waals surface area contributed by atoms with Crippen molar-refractivity contribution >= 4 is 28.9 Å². The highest BCUT2D eigenvalue weighted by molar-refractivity contribution is 7.45. The van der Waals surface area contributed by atoms with Crippen molar-refractivity contribution in [3.8, 4) is 0 Å². The van der Waals surface area contributed by atoms with Gasteiger partial charge in [-0.3, -0.25) is 0 Å². The maximum atomic E-state index is 6.17. The van der Waals surface area contributed by atoms with Crippen molar-refractivity contribution in [1.82, 2.24) is 0 Å². The first-order valence-electron chi connectivity index (χ1n) is 5.36. The minimum Gasteiger partial charge on any atom is -0.146 e. The molecule has 80 valence electrons. The summed E-state index contributed by atoms with van der Waals surface area (Å²) in [5.41, 5.74) is 0. The van der Waals surface area contributed by atoms with Crippen LogP contribution >= 0.6 is 22.2 Å². The van der Waals surface area contributed by atoms with Crippen LogP contribution in [0.25, 0.3) is 0 Å². The Hall–Kier alpha value is 0.797. The zero-order valence-corrected chi connectivity index (χ0v) is 11.6. The third-order valence-corrected chi connectivity index (χ3v) is 7.20. The van der Waals surface area contributed by atoms with Crippen LogP contribution in [0.1, 0.15) is 46.5 Å². The molecule has 0 spiro atoms. The molecule has 0 aliphatic rings. The molecule has 0 aliphatic heterocycles. The molecule has 0 heterocycles. The zero-order chi connectivity index (χ0) is 10.3. The minimum absolute atomic E-state index is 0.834. The number of hydrogen-bond donors (Lipinski definition) is 0. The van der Waals surface area contributed by atoms with Crippen molar-refractivity contribution in [3.63, 3.8) is 0 Å². The smallest absolute Gasteiger partial charge is 0.146 e. The van der Waals surface area contributed by atoms with E-state index in [2.05, 4.69) is 20.8 Å². The Labute approximate surface area is 93.4 Å². The average molecular weight is 241 g/mol. The zero-order valence-electron chi connectivity index (χ0n) is 9.08. The van der Waals surface area contributed by atoms with Gasteiger partial charge in [-0.2, -0.15) is 0 Å². The van der Waals surface area contributed by atoms with Gasteiger partial charge in [-0.15, -0.1) is 22.2 Å². The Kier molecular flexibility index (Phi) is 7.57.